The third kappa shape index (κ3) is 6.92. The lowest BCUT2D eigenvalue weighted by Gasteiger charge is -2.17. The minimum absolute atomic E-state index is 0.795. The van der Waals surface area contributed by atoms with Crippen molar-refractivity contribution in [2.75, 3.05) is 32.8 Å². The molecule has 0 saturated heterocycles. The standard InChI is InChI=1S/C17H30N2O/c1-4-14-20-17-10-8-16(9-11-17)15-18-12-7-13-19(5-2)6-3/h8-11,18H,4-7,12-15H2,1-3H3. The van der Waals surface area contributed by atoms with E-state index in [1.807, 2.05) is 0 Å². The van der Waals surface area contributed by atoms with E-state index in [-0.39, 0.29) is 0 Å². The number of hydrogen-bond acceptors (Lipinski definition) is 3. The Morgan fingerprint density at radius 1 is 1.05 bits per heavy atom. The molecule has 0 fully saturated rings. The molecule has 0 aliphatic heterocycles. The van der Waals surface area contributed by atoms with E-state index in [1.54, 1.807) is 0 Å². The second-order valence-electron chi connectivity index (χ2n) is 5.05. The predicted molar refractivity (Wildman–Crippen MR) is 86.3 cm³/mol. The molecule has 0 spiro atoms. The normalized spacial score (nSPS) is 11.0. The molecule has 0 atom stereocenters. The van der Waals surface area contributed by atoms with E-state index < -0.39 is 0 Å². The van der Waals surface area contributed by atoms with Gasteiger partial charge in [-0.2, -0.15) is 0 Å². The molecule has 1 aromatic carbocycles. The molecular formula is C17H30N2O. The van der Waals surface area contributed by atoms with Crippen molar-refractivity contribution in [1.82, 2.24) is 10.2 Å². The van der Waals surface area contributed by atoms with Crippen molar-refractivity contribution in [3.8, 4) is 5.75 Å². The van der Waals surface area contributed by atoms with Crippen LogP contribution in [-0.4, -0.2) is 37.7 Å². The zero-order chi connectivity index (χ0) is 14.6. The van der Waals surface area contributed by atoms with Crippen molar-refractivity contribution < 1.29 is 4.74 Å². The van der Waals surface area contributed by atoms with Crippen LogP contribution in [0.15, 0.2) is 24.3 Å². The molecule has 0 unspecified atom stereocenters. The molecule has 1 N–H and O–H groups in total. The minimum atomic E-state index is 0.795. The van der Waals surface area contributed by atoms with E-state index >= 15 is 0 Å². The molecular weight excluding hydrogens is 248 g/mol. The molecule has 20 heavy (non-hydrogen) atoms. The Kier molecular flexibility index (Phi) is 9.09. The van der Waals surface area contributed by atoms with Crippen LogP contribution in [0, 0.1) is 0 Å². The molecule has 3 heteroatoms. The van der Waals surface area contributed by atoms with Gasteiger partial charge in [-0.05, 0) is 56.7 Å². The summed E-state index contributed by atoms with van der Waals surface area (Å²) in [5.41, 5.74) is 1.32. The van der Waals surface area contributed by atoms with Crippen molar-refractivity contribution in [1.29, 1.82) is 0 Å². The smallest absolute Gasteiger partial charge is 0.119 e. The summed E-state index contributed by atoms with van der Waals surface area (Å²) >= 11 is 0. The summed E-state index contributed by atoms with van der Waals surface area (Å²) in [5.74, 6) is 0.970. The summed E-state index contributed by atoms with van der Waals surface area (Å²) < 4.78 is 5.58. The zero-order valence-corrected chi connectivity index (χ0v) is 13.3. The van der Waals surface area contributed by atoms with Gasteiger partial charge in [0.15, 0.2) is 0 Å². The van der Waals surface area contributed by atoms with Gasteiger partial charge in [-0.3, -0.25) is 0 Å². The molecule has 3 nitrogen and oxygen atoms in total. The van der Waals surface area contributed by atoms with Gasteiger partial charge in [0.1, 0.15) is 5.75 Å². The zero-order valence-electron chi connectivity index (χ0n) is 13.3. The second kappa shape index (κ2) is 10.7. The topological polar surface area (TPSA) is 24.5 Å². The van der Waals surface area contributed by atoms with Crippen LogP contribution in [0.2, 0.25) is 0 Å². The van der Waals surface area contributed by atoms with Crippen molar-refractivity contribution in [2.45, 2.75) is 40.2 Å². The molecule has 0 amide bonds. The lowest BCUT2D eigenvalue weighted by Crippen LogP contribution is -2.27. The van der Waals surface area contributed by atoms with Gasteiger partial charge in [0.2, 0.25) is 0 Å². The number of rotatable bonds is 11. The Morgan fingerprint density at radius 2 is 1.75 bits per heavy atom. The third-order valence-corrected chi connectivity index (χ3v) is 3.45. The Hall–Kier alpha value is -1.06. The highest BCUT2D eigenvalue weighted by Crippen LogP contribution is 2.12. The first-order valence-electron chi connectivity index (χ1n) is 7.94. The molecule has 0 heterocycles. The fourth-order valence-electron chi connectivity index (χ4n) is 2.12. The molecule has 1 rings (SSSR count). The van der Waals surface area contributed by atoms with Crippen molar-refractivity contribution >= 4 is 0 Å². The Balaban J connectivity index is 2.15. The van der Waals surface area contributed by atoms with Crippen LogP contribution in [0.5, 0.6) is 5.75 Å². The summed E-state index contributed by atoms with van der Waals surface area (Å²) in [6, 6.07) is 8.40. The van der Waals surface area contributed by atoms with Gasteiger partial charge in [0.05, 0.1) is 6.61 Å². The maximum Gasteiger partial charge on any atom is 0.119 e. The van der Waals surface area contributed by atoms with E-state index in [0.717, 1.165) is 45.0 Å². The van der Waals surface area contributed by atoms with Crippen LogP contribution in [0.1, 0.15) is 39.2 Å². The van der Waals surface area contributed by atoms with E-state index in [4.69, 9.17) is 4.74 Å². The number of hydrogen-bond donors (Lipinski definition) is 1. The highest BCUT2D eigenvalue weighted by molar-refractivity contribution is 5.27. The van der Waals surface area contributed by atoms with Crippen LogP contribution in [0.3, 0.4) is 0 Å². The quantitative estimate of drug-likeness (QED) is 0.629. The largest absolute Gasteiger partial charge is 0.494 e. The van der Waals surface area contributed by atoms with Crippen molar-refractivity contribution in [3.63, 3.8) is 0 Å². The lowest BCUT2D eigenvalue weighted by atomic mass is 10.2. The first-order chi connectivity index (χ1) is 9.80. The number of nitrogens with one attached hydrogen (secondary N) is 1. The van der Waals surface area contributed by atoms with Gasteiger partial charge in [-0.25, -0.2) is 0 Å². The van der Waals surface area contributed by atoms with Gasteiger partial charge < -0.3 is 15.0 Å². The van der Waals surface area contributed by atoms with Crippen LogP contribution in [-0.2, 0) is 6.54 Å². The first-order valence-corrected chi connectivity index (χ1v) is 7.94. The summed E-state index contributed by atoms with van der Waals surface area (Å²) in [4.78, 5) is 2.46. The first kappa shape index (κ1) is 17.0. The summed E-state index contributed by atoms with van der Waals surface area (Å²) in [7, 11) is 0. The Labute approximate surface area is 124 Å². The Morgan fingerprint density at radius 3 is 2.35 bits per heavy atom. The average molecular weight is 278 g/mol. The van der Waals surface area contributed by atoms with Crippen LogP contribution >= 0.6 is 0 Å². The fourth-order valence-corrected chi connectivity index (χ4v) is 2.12. The monoisotopic (exact) mass is 278 g/mol. The molecule has 0 aliphatic carbocycles. The number of ether oxygens (including phenoxy) is 1. The van der Waals surface area contributed by atoms with Crippen molar-refractivity contribution in [2.24, 2.45) is 0 Å². The fraction of sp³-hybridized carbons (Fsp3) is 0.647. The predicted octanol–water partition coefficient (Wildman–Crippen LogP) is 3.30. The highest BCUT2D eigenvalue weighted by atomic mass is 16.5. The summed E-state index contributed by atoms with van der Waals surface area (Å²) in [6.07, 6.45) is 2.26. The maximum absolute atomic E-state index is 5.58. The highest BCUT2D eigenvalue weighted by Gasteiger charge is 1.98. The van der Waals surface area contributed by atoms with E-state index in [2.05, 4.69) is 55.3 Å². The van der Waals surface area contributed by atoms with Gasteiger partial charge in [0.25, 0.3) is 0 Å². The van der Waals surface area contributed by atoms with E-state index in [1.165, 1.54) is 18.5 Å². The lowest BCUT2D eigenvalue weighted by molar-refractivity contribution is 0.298. The number of benzene rings is 1. The van der Waals surface area contributed by atoms with Gasteiger partial charge in [0, 0.05) is 6.54 Å². The van der Waals surface area contributed by atoms with Gasteiger partial charge >= 0.3 is 0 Å². The molecule has 114 valence electrons. The van der Waals surface area contributed by atoms with Crippen molar-refractivity contribution in [3.05, 3.63) is 29.8 Å². The van der Waals surface area contributed by atoms with Crippen LogP contribution in [0.4, 0.5) is 0 Å². The van der Waals surface area contributed by atoms with Gasteiger partial charge in [-0.15, -0.1) is 0 Å². The maximum atomic E-state index is 5.58. The Bertz CT molecular complexity index is 333. The third-order valence-electron chi connectivity index (χ3n) is 3.45. The van der Waals surface area contributed by atoms with Crippen LogP contribution in [0.25, 0.3) is 0 Å². The van der Waals surface area contributed by atoms with E-state index in [0.29, 0.717) is 0 Å². The second-order valence-corrected chi connectivity index (χ2v) is 5.05. The molecule has 0 bridgehead atoms. The van der Waals surface area contributed by atoms with Crippen LogP contribution < -0.4 is 10.1 Å². The summed E-state index contributed by atoms with van der Waals surface area (Å²) in [6.45, 7) is 12.9. The molecule has 0 radical (unpaired) electrons. The summed E-state index contributed by atoms with van der Waals surface area (Å²) in [5, 5.41) is 3.50. The SMILES string of the molecule is CCCOc1ccc(CNCCCN(CC)CC)cc1. The van der Waals surface area contributed by atoms with Gasteiger partial charge in [-0.1, -0.05) is 32.9 Å². The number of nitrogens with zero attached hydrogens (tertiary/aromatic N) is 1. The van der Waals surface area contributed by atoms with E-state index in [9.17, 15) is 0 Å². The molecule has 0 aromatic heterocycles. The minimum Gasteiger partial charge on any atom is -0.494 e. The molecule has 1 aromatic rings. The molecule has 0 saturated carbocycles. The average Bonchev–Trinajstić information content (AvgIpc) is 2.50. The molecule has 0 aliphatic rings.